The number of aliphatic hydroxyl groups is 1. The van der Waals surface area contributed by atoms with Crippen LogP contribution in [0.4, 0.5) is 0 Å². The lowest BCUT2D eigenvalue weighted by atomic mass is 9.96. The molecule has 7 nitrogen and oxygen atoms in total. The molecule has 1 atom stereocenters. The Morgan fingerprint density at radius 2 is 2.07 bits per heavy atom. The molecular weight excluding hydrogens is 469 g/mol. The molecule has 0 amide bonds. The number of aryl methyl sites for hydroxylation is 2. The van der Waals surface area contributed by atoms with Crippen molar-refractivity contribution < 1.29 is 9.52 Å². The summed E-state index contributed by atoms with van der Waals surface area (Å²) in [7, 11) is 0. The third-order valence-electron chi connectivity index (χ3n) is 4.31. The van der Waals surface area contributed by atoms with Gasteiger partial charge in [-0.1, -0.05) is 13.8 Å². The number of aromatic nitrogens is 2. The van der Waals surface area contributed by atoms with Crippen molar-refractivity contribution in [2.75, 3.05) is 13.1 Å². The van der Waals surface area contributed by atoms with Gasteiger partial charge in [-0.2, -0.15) is 0 Å². The smallest absolute Gasteiger partial charge is 0.191 e. The maximum Gasteiger partial charge on any atom is 0.191 e. The van der Waals surface area contributed by atoms with E-state index in [0.717, 1.165) is 36.0 Å². The second-order valence-corrected chi connectivity index (χ2v) is 7.54. The molecule has 3 N–H and O–H groups in total. The first kappa shape index (κ1) is 24.5. The van der Waals surface area contributed by atoms with Gasteiger partial charge in [0, 0.05) is 31.0 Å². The number of nitrogens with one attached hydrogen (secondary N) is 2. The fourth-order valence-corrected chi connectivity index (χ4v) is 3.06. The standard InChI is InChI=1S/C20H33N5O2.HI/c1-7-21-19(23-11-18-22-8-9-25(18)12-14(2)3)24-13-20(6,26)17-10-15(4)27-16(17)5;/h8-10,14,26H,7,11-13H2,1-6H3,(H2,21,23,24);1H. The lowest BCUT2D eigenvalue weighted by Crippen LogP contribution is -2.44. The highest BCUT2D eigenvalue weighted by Gasteiger charge is 2.27. The van der Waals surface area contributed by atoms with Crippen LogP contribution in [-0.4, -0.2) is 33.7 Å². The Labute approximate surface area is 185 Å². The quantitative estimate of drug-likeness (QED) is 0.292. The van der Waals surface area contributed by atoms with Crippen molar-refractivity contribution in [3.8, 4) is 0 Å². The molecule has 0 fully saturated rings. The average Bonchev–Trinajstić information content (AvgIpc) is 3.15. The molecule has 2 aromatic rings. The fraction of sp³-hybridized carbons (Fsp3) is 0.600. The maximum absolute atomic E-state index is 10.9. The number of aliphatic imine (C=N–C) groups is 1. The predicted octanol–water partition coefficient (Wildman–Crippen LogP) is 3.33. The summed E-state index contributed by atoms with van der Waals surface area (Å²) in [5.41, 5.74) is -0.274. The maximum atomic E-state index is 10.9. The molecule has 8 heteroatoms. The Hall–Kier alpha value is -1.55. The largest absolute Gasteiger partial charge is 0.466 e. The van der Waals surface area contributed by atoms with Crippen molar-refractivity contribution in [1.82, 2.24) is 20.2 Å². The van der Waals surface area contributed by atoms with Crippen molar-refractivity contribution in [2.45, 2.75) is 60.2 Å². The average molecular weight is 503 g/mol. The summed E-state index contributed by atoms with van der Waals surface area (Å²) in [6.07, 6.45) is 3.79. The normalized spacial score (nSPS) is 13.9. The van der Waals surface area contributed by atoms with E-state index in [1.54, 1.807) is 6.92 Å². The van der Waals surface area contributed by atoms with Crippen LogP contribution in [0.1, 0.15) is 50.6 Å². The van der Waals surface area contributed by atoms with Crippen molar-refractivity contribution in [2.24, 2.45) is 10.9 Å². The molecule has 0 aliphatic heterocycles. The summed E-state index contributed by atoms with van der Waals surface area (Å²) in [6.45, 7) is 14.3. The number of halogens is 1. The van der Waals surface area contributed by atoms with Gasteiger partial charge < -0.3 is 24.7 Å². The monoisotopic (exact) mass is 503 g/mol. The number of hydrogen-bond donors (Lipinski definition) is 3. The van der Waals surface area contributed by atoms with Gasteiger partial charge in [-0.3, -0.25) is 0 Å². The number of hydrogen-bond acceptors (Lipinski definition) is 4. The molecule has 1 unspecified atom stereocenters. The Bertz CT molecular complexity index is 764. The molecule has 0 aliphatic rings. The Kier molecular flexibility index (Phi) is 9.49. The predicted molar refractivity (Wildman–Crippen MR) is 123 cm³/mol. The number of nitrogens with zero attached hydrogens (tertiary/aromatic N) is 3. The van der Waals surface area contributed by atoms with E-state index in [4.69, 9.17) is 4.42 Å². The van der Waals surface area contributed by atoms with Gasteiger partial charge >= 0.3 is 0 Å². The highest BCUT2D eigenvalue weighted by molar-refractivity contribution is 14.0. The van der Waals surface area contributed by atoms with Gasteiger partial charge in [-0.05, 0) is 39.7 Å². The lowest BCUT2D eigenvalue weighted by molar-refractivity contribution is 0.0601. The molecule has 2 heterocycles. The summed E-state index contributed by atoms with van der Waals surface area (Å²) in [5.74, 6) is 3.64. The topological polar surface area (TPSA) is 87.6 Å². The summed E-state index contributed by atoms with van der Waals surface area (Å²) in [5, 5.41) is 17.3. The number of imidazole rings is 1. The van der Waals surface area contributed by atoms with Crippen LogP contribution in [0.25, 0.3) is 0 Å². The molecule has 0 radical (unpaired) electrons. The Morgan fingerprint density at radius 1 is 1.36 bits per heavy atom. The van der Waals surface area contributed by atoms with E-state index in [-0.39, 0.29) is 24.0 Å². The molecule has 2 aromatic heterocycles. The van der Waals surface area contributed by atoms with Crippen molar-refractivity contribution in [1.29, 1.82) is 0 Å². The zero-order chi connectivity index (χ0) is 20.0. The zero-order valence-corrected chi connectivity index (χ0v) is 20.1. The molecule has 0 aromatic carbocycles. The van der Waals surface area contributed by atoms with Crippen LogP contribution in [0.3, 0.4) is 0 Å². The SMILES string of the molecule is CCNC(=NCc1nccn1CC(C)C)NCC(C)(O)c1cc(C)oc1C.I. The number of guanidine groups is 1. The van der Waals surface area contributed by atoms with Gasteiger partial charge in [0.25, 0.3) is 0 Å². The highest BCUT2D eigenvalue weighted by atomic mass is 127. The van der Waals surface area contributed by atoms with Crippen molar-refractivity contribution >= 4 is 29.9 Å². The second kappa shape index (κ2) is 10.8. The third-order valence-corrected chi connectivity index (χ3v) is 4.31. The van der Waals surface area contributed by atoms with Crippen LogP contribution in [0.2, 0.25) is 0 Å². The molecule has 2 rings (SSSR count). The van der Waals surface area contributed by atoms with Gasteiger partial charge in [0.15, 0.2) is 5.96 Å². The summed E-state index contributed by atoms with van der Waals surface area (Å²) in [6, 6.07) is 1.88. The van der Waals surface area contributed by atoms with Crippen molar-refractivity contribution in [3.05, 3.63) is 41.4 Å². The lowest BCUT2D eigenvalue weighted by Gasteiger charge is -2.24. The van der Waals surface area contributed by atoms with Crippen LogP contribution in [0.5, 0.6) is 0 Å². The molecular formula is C20H34IN5O2. The molecule has 0 bridgehead atoms. The molecule has 158 valence electrons. The first-order valence-electron chi connectivity index (χ1n) is 9.55. The fourth-order valence-electron chi connectivity index (χ4n) is 3.06. The van der Waals surface area contributed by atoms with Crippen LogP contribution >= 0.6 is 24.0 Å². The summed E-state index contributed by atoms with van der Waals surface area (Å²) in [4.78, 5) is 9.04. The van der Waals surface area contributed by atoms with Gasteiger partial charge in [-0.15, -0.1) is 24.0 Å². The summed E-state index contributed by atoms with van der Waals surface area (Å²) >= 11 is 0. The van der Waals surface area contributed by atoms with Gasteiger partial charge in [-0.25, -0.2) is 9.98 Å². The van der Waals surface area contributed by atoms with Gasteiger partial charge in [0.2, 0.25) is 0 Å². The van der Waals surface area contributed by atoms with E-state index in [1.807, 2.05) is 39.2 Å². The number of rotatable bonds is 8. The highest BCUT2D eigenvalue weighted by Crippen LogP contribution is 2.26. The van der Waals surface area contributed by atoms with E-state index in [9.17, 15) is 5.11 Å². The molecule has 0 spiro atoms. The van der Waals surface area contributed by atoms with Crippen molar-refractivity contribution in [3.63, 3.8) is 0 Å². The van der Waals surface area contributed by atoms with Crippen LogP contribution in [0, 0.1) is 19.8 Å². The van der Waals surface area contributed by atoms with Crippen LogP contribution in [0.15, 0.2) is 27.9 Å². The van der Waals surface area contributed by atoms with Crippen LogP contribution in [-0.2, 0) is 18.7 Å². The van der Waals surface area contributed by atoms with E-state index >= 15 is 0 Å². The minimum Gasteiger partial charge on any atom is -0.466 e. The second-order valence-electron chi connectivity index (χ2n) is 7.54. The van der Waals surface area contributed by atoms with E-state index < -0.39 is 5.60 Å². The van der Waals surface area contributed by atoms with Crippen LogP contribution < -0.4 is 10.6 Å². The van der Waals surface area contributed by atoms with Gasteiger partial charge in [0.05, 0.1) is 6.54 Å². The summed E-state index contributed by atoms with van der Waals surface area (Å²) < 4.78 is 7.68. The first-order chi connectivity index (χ1) is 12.7. The molecule has 0 saturated heterocycles. The third kappa shape index (κ3) is 6.80. The van der Waals surface area contributed by atoms with Gasteiger partial charge in [0.1, 0.15) is 29.5 Å². The minimum absolute atomic E-state index is 0. The first-order valence-corrected chi connectivity index (χ1v) is 9.55. The number of furan rings is 1. The zero-order valence-electron chi connectivity index (χ0n) is 17.7. The van der Waals surface area contributed by atoms with E-state index in [2.05, 4.69) is 39.0 Å². The minimum atomic E-state index is -1.06. The Morgan fingerprint density at radius 3 is 2.64 bits per heavy atom. The van der Waals surface area contributed by atoms with E-state index in [0.29, 0.717) is 25.0 Å². The Balaban J connectivity index is 0.00000392. The molecule has 0 aliphatic carbocycles. The van der Waals surface area contributed by atoms with E-state index in [1.165, 1.54) is 0 Å². The molecule has 28 heavy (non-hydrogen) atoms. The molecule has 0 saturated carbocycles.